The summed E-state index contributed by atoms with van der Waals surface area (Å²) in [5, 5.41) is 0. The van der Waals surface area contributed by atoms with Crippen molar-refractivity contribution in [2.24, 2.45) is 0 Å². The standard InChI is InChI=1S/C33H44/c1-11-22(5)26-19-24(7)31(32-25(12-2)16-14-17-27(32)21(3)4)28(20-26)30-23(6)15-13-18-29(30)33(8,9)10/h13-22H,11-12H2,1-10H3. The molecule has 0 aliphatic heterocycles. The molecule has 0 aromatic heterocycles. The Hall–Kier alpha value is -2.34. The fraction of sp³-hybridized carbons (Fsp3) is 0.455. The molecule has 0 heteroatoms. The molecule has 0 aliphatic rings. The van der Waals surface area contributed by atoms with Gasteiger partial charge in [-0.25, -0.2) is 0 Å². The predicted octanol–water partition coefficient (Wildman–Crippen LogP) is 10.1. The van der Waals surface area contributed by atoms with E-state index in [0.29, 0.717) is 11.8 Å². The van der Waals surface area contributed by atoms with Gasteiger partial charge in [0.15, 0.2) is 0 Å². The Labute approximate surface area is 203 Å². The lowest BCUT2D eigenvalue weighted by Gasteiger charge is -2.29. The molecule has 0 aliphatic carbocycles. The zero-order valence-electron chi connectivity index (χ0n) is 22.7. The van der Waals surface area contributed by atoms with Gasteiger partial charge in [-0.1, -0.05) is 104 Å². The first-order chi connectivity index (χ1) is 15.5. The van der Waals surface area contributed by atoms with Crippen LogP contribution in [0.3, 0.4) is 0 Å². The molecule has 176 valence electrons. The molecule has 3 aromatic rings. The topological polar surface area (TPSA) is 0 Å². The van der Waals surface area contributed by atoms with Crippen LogP contribution in [-0.4, -0.2) is 0 Å². The van der Waals surface area contributed by atoms with Crippen molar-refractivity contribution in [2.45, 2.75) is 99.3 Å². The first kappa shape index (κ1) is 25.3. The largest absolute Gasteiger partial charge is 0.0648 e. The minimum absolute atomic E-state index is 0.0735. The summed E-state index contributed by atoms with van der Waals surface area (Å²) in [6.07, 6.45) is 2.20. The highest BCUT2D eigenvalue weighted by atomic mass is 14.3. The molecule has 0 saturated carbocycles. The average Bonchev–Trinajstić information content (AvgIpc) is 2.76. The van der Waals surface area contributed by atoms with Crippen LogP contribution >= 0.6 is 0 Å². The minimum atomic E-state index is 0.0735. The third kappa shape index (κ3) is 4.96. The van der Waals surface area contributed by atoms with Crippen molar-refractivity contribution < 1.29 is 0 Å². The van der Waals surface area contributed by atoms with Crippen LogP contribution in [0.2, 0.25) is 0 Å². The summed E-state index contributed by atoms with van der Waals surface area (Å²) in [4.78, 5) is 0. The number of rotatable bonds is 6. The maximum atomic E-state index is 2.52. The van der Waals surface area contributed by atoms with Crippen molar-refractivity contribution in [1.29, 1.82) is 0 Å². The Balaban J connectivity index is 2.54. The Morgan fingerprint density at radius 3 is 2.00 bits per heavy atom. The molecule has 0 amide bonds. The summed E-state index contributed by atoms with van der Waals surface area (Å²) in [5.41, 5.74) is 14.4. The monoisotopic (exact) mass is 440 g/mol. The van der Waals surface area contributed by atoms with Gasteiger partial charge in [-0.15, -0.1) is 0 Å². The van der Waals surface area contributed by atoms with Crippen LogP contribution in [-0.2, 0) is 11.8 Å². The van der Waals surface area contributed by atoms with Gasteiger partial charge < -0.3 is 0 Å². The van der Waals surface area contributed by atoms with E-state index in [4.69, 9.17) is 0 Å². The van der Waals surface area contributed by atoms with Gasteiger partial charge in [0.25, 0.3) is 0 Å². The fourth-order valence-electron chi connectivity index (χ4n) is 5.22. The van der Waals surface area contributed by atoms with E-state index in [9.17, 15) is 0 Å². The molecule has 0 saturated heterocycles. The van der Waals surface area contributed by atoms with E-state index >= 15 is 0 Å². The molecule has 0 N–H and O–H groups in total. The summed E-state index contributed by atoms with van der Waals surface area (Å²) in [6, 6.07) is 18.7. The molecule has 0 spiro atoms. The van der Waals surface area contributed by atoms with E-state index in [1.807, 2.05) is 0 Å². The van der Waals surface area contributed by atoms with Crippen LogP contribution in [0, 0.1) is 13.8 Å². The molecule has 0 heterocycles. The van der Waals surface area contributed by atoms with Crippen molar-refractivity contribution in [1.82, 2.24) is 0 Å². The van der Waals surface area contributed by atoms with Gasteiger partial charge in [0.2, 0.25) is 0 Å². The van der Waals surface area contributed by atoms with E-state index in [-0.39, 0.29) is 5.41 Å². The van der Waals surface area contributed by atoms with Crippen LogP contribution in [0.5, 0.6) is 0 Å². The smallest absolute Gasteiger partial charge is 0.00701 e. The van der Waals surface area contributed by atoms with Crippen molar-refractivity contribution in [2.75, 3.05) is 0 Å². The maximum absolute atomic E-state index is 2.52. The van der Waals surface area contributed by atoms with Gasteiger partial charge in [0.1, 0.15) is 0 Å². The van der Waals surface area contributed by atoms with Crippen molar-refractivity contribution in [3.05, 3.63) is 81.9 Å². The van der Waals surface area contributed by atoms with Gasteiger partial charge in [-0.2, -0.15) is 0 Å². The van der Waals surface area contributed by atoms with Crippen molar-refractivity contribution in [3.63, 3.8) is 0 Å². The summed E-state index contributed by atoms with van der Waals surface area (Å²) < 4.78 is 0. The van der Waals surface area contributed by atoms with Crippen LogP contribution < -0.4 is 0 Å². The van der Waals surface area contributed by atoms with Gasteiger partial charge >= 0.3 is 0 Å². The SMILES string of the molecule is CCc1cccc(C(C)C)c1-c1c(C)cc(C(C)CC)cc1-c1c(C)cccc1C(C)(C)C. The molecule has 0 fully saturated rings. The highest BCUT2D eigenvalue weighted by Crippen LogP contribution is 2.46. The summed E-state index contributed by atoms with van der Waals surface area (Å²) in [5.74, 6) is 1.02. The van der Waals surface area contributed by atoms with E-state index < -0.39 is 0 Å². The molecule has 1 unspecified atom stereocenters. The predicted molar refractivity (Wildman–Crippen MR) is 148 cm³/mol. The normalized spacial score (nSPS) is 12.9. The second-order valence-electron chi connectivity index (χ2n) is 11.2. The third-order valence-corrected chi connectivity index (χ3v) is 7.33. The van der Waals surface area contributed by atoms with Gasteiger partial charge in [0, 0.05) is 0 Å². The number of aryl methyl sites for hydroxylation is 3. The molecule has 33 heavy (non-hydrogen) atoms. The number of hydrogen-bond donors (Lipinski definition) is 0. The van der Waals surface area contributed by atoms with E-state index in [2.05, 4.69) is 118 Å². The summed E-state index contributed by atoms with van der Waals surface area (Å²) in [6.45, 7) is 23.3. The van der Waals surface area contributed by atoms with Crippen LogP contribution in [0.1, 0.15) is 107 Å². The molecule has 0 bridgehead atoms. The Morgan fingerprint density at radius 2 is 1.42 bits per heavy atom. The van der Waals surface area contributed by atoms with Crippen molar-refractivity contribution in [3.8, 4) is 22.3 Å². The molecular formula is C33H44. The quantitative estimate of drug-likeness (QED) is 0.357. The van der Waals surface area contributed by atoms with Crippen molar-refractivity contribution >= 4 is 0 Å². The summed E-state index contributed by atoms with van der Waals surface area (Å²) >= 11 is 0. The van der Waals surface area contributed by atoms with E-state index in [1.165, 1.54) is 55.6 Å². The lowest BCUT2D eigenvalue weighted by Crippen LogP contribution is -2.14. The maximum Gasteiger partial charge on any atom is -0.00701 e. The van der Waals surface area contributed by atoms with E-state index in [1.54, 1.807) is 0 Å². The minimum Gasteiger partial charge on any atom is -0.0648 e. The van der Waals surface area contributed by atoms with Gasteiger partial charge in [0.05, 0.1) is 0 Å². The average molecular weight is 441 g/mol. The Morgan fingerprint density at radius 1 is 0.758 bits per heavy atom. The van der Waals surface area contributed by atoms with Gasteiger partial charge in [-0.3, -0.25) is 0 Å². The van der Waals surface area contributed by atoms with Crippen LogP contribution in [0.25, 0.3) is 22.3 Å². The zero-order chi connectivity index (χ0) is 24.5. The molecular weight excluding hydrogens is 396 g/mol. The molecule has 3 aromatic carbocycles. The molecule has 0 radical (unpaired) electrons. The molecule has 1 atom stereocenters. The lowest BCUT2D eigenvalue weighted by atomic mass is 9.75. The number of benzene rings is 3. The zero-order valence-corrected chi connectivity index (χ0v) is 22.7. The molecule has 0 nitrogen and oxygen atoms in total. The van der Waals surface area contributed by atoms with Crippen LogP contribution in [0.15, 0.2) is 48.5 Å². The van der Waals surface area contributed by atoms with Crippen LogP contribution in [0.4, 0.5) is 0 Å². The lowest BCUT2D eigenvalue weighted by molar-refractivity contribution is 0.591. The van der Waals surface area contributed by atoms with Gasteiger partial charge in [-0.05, 0) is 99.6 Å². The third-order valence-electron chi connectivity index (χ3n) is 7.33. The second-order valence-corrected chi connectivity index (χ2v) is 11.2. The first-order valence-corrected chi connectivity index (χ1v) is 12.9. The Kier molecular flexibility index (Phi) is 7.57. The van der Waals surface area contributed by atoms with E-state index in [0.717, 1.165) is 12.8 Å². The second kappa shape index (κ2) is 9.88. The Bertz CT molecular complexity index is 1120. The highest BCUT2D eigenvalue weighted by Gasteiger charge is 2.25. The summed E-state index contributed by atoms with van der Waals surface area (Å²) in [7, 11) is 0. The first-order valence-electron chi connectivity index (χ1n) is 12.9. The fourth-order valence-corrected chi connectivity index (χ4v) is 5.22. The number of hydrogen-bond acceptors (Lipinski definition) is 0. The molecule has 3 rings (SSSR count). The highest BCUT2D eigenvalue weighted by molar-refractivity contribution is 5.91.